The number of primary amides is 1. The van der Waals surface area contributed by atoms with Gasteiger partial charge in [-0.1, -0.05) is 29.8 Å². The summed E-state index contributed by atoms with van der Waals surface area (Å²) in [7, 11) is 0. The summed E-state index contributed by atoms with van der Waals surface area (Å²) in [6, 6.07) is 8.50. The summed E-state index contributed by atoms with van der Waals surface area (Å²) in [5, 5.41) is 3.21. The highest BCUT2D eigenvalue weighted by atomic mass is 32.1. The minimum absolute atomic E-state index is 0.111. The molecule has 5 nitrogen and oxygen atoms in total. The number of aromatic nitrogens is 2. The van der Waals surface area contributed by atoms with E-state index in [4.69, 9.17) is 5.73 Å². The summed E-state index contributed by atoms with van der Waals surface area (Å²) in [6.45, 7) is 3.60. The zero-order valence-electron chi connectivity index (χ0n) is 14.1. The van der Waals surface area contributed by atoms with Gasteiger partial charge >= 0.3 is 0 Å². The number of nitrogens with two attached hydrogens (primary N) is 1. The van der Waals surface area contributed by atoms with E-state index in [1.807, 2.05) is 0 Å². The number of aryl methyl sites for hydroxylation is 1. The second kappa shape index (κ2) is 6.44. The van der Waals surface area contributed by atoms with Crippen LogP contribution in [0.2, 0.25) is 0 Å². The maximum absolute atomic E-state index is 11.6. The average molecular weight is 352 g/mol. The molecule has 0 aliphatic carbocycles. The van der Waals surface area contributed by atoms with Crippen molar-refractivity contribution in [2.75, 3.05) is 18.0 Å². The first-order valence-electron chi connectivity index (χ1n) is 8.47. The summed E-state index contributed by atoms with van der Waals surface area (Å²) in [5.41, 5.74) is 9.09. The van der Waals surface area contributed by atoms with Crippen LogP contribution in [-0.4, -0.2) is 29.0 Å². The van der Waals surface area contributed by atoms with Crippen LogP contribution in [-0.2, 0) is 4.79 Å². The maximum Gasteiger partial charge on any atom is 0.222 e. The first-order valence-corrected chi connectivity index (χ1v) is 9.35. The van der Waals surface area contributed by atoms with Crippen LogP contribution in [0.15, 0.2) is 36.0 Å². The Kier molecular flexibility index (Phi) is 4.13. The van der Waals surface area contributed by atoms with Crippen LogP contribution in [0.1, 0.15) is 18.4 Å². The highest BCUT2D eigenvalue weighted by molar-refractivity contribution is 7.17. The molecule has 1 saturated heterocycles. The monoisotopic (exact) mass is 352 g/mol. The molecule has 0 unspecified atom stereocenters. The van der Waals surface area contributed by atoms with Gasteiger partial charge in [0.25, 0.3) is 0 Å². The summed E-state index contributed by atoms with van der Waals surface area (Å²) >= 11 is 1.63. The summed E-state index contributed by atoms with van der Waals surface area (Å²) in [4.78, 5) is 23.8. The number of amides is 1. The lowest BCUT2D eigenvalue weighted by atomic mass is 9.97. The van der Waals surface area contributed by atoms with Crippen LogP contribution >= 0.6 is 11.3 Å². The Balaban J connectivity index is 1.80. The first-order chi connectivity index (χ1) is 12.1. The second-order valence-corrected chi connectivity index (χ2v) is 7.44. The van der Waals surface area contributed by atoms with E-state index in [0.717, 1.165) is 46.5 Å². The third kappa shape index (κ3) is 2.98. The molecular formula is C19H20N4OS. The van der Waals surface area contributed by atoms with Gasteiger partial charge in [0, 0.05) is 24.0 Å². The third-order valence-electron chi connectivity index (χ3n) is 4.84. The van der Waals surface area contributed by atoms with Crippen molar-refractivity contribution in [3.8, 4) is 11.1 Å². The van der Waals surface area contributed by atoms with E-state index in [9.17, 15) is 4.79 Å². The van der Waals surface area contributed by atoms with Gasteiger partial charge in [-0.15, -0.1) is 11.3 Å². The van der Waals surface area contributed by atoms with Crippen molar-refractivity contribution in [2.45, 2.75) is 19.8 Å². The van der Waals surface area contributed by atoms with E-state index in [0.29, 0.717) is 6.54 Å². The summed E-state index contributed by atoms with van der Waals surface area (Å²) in [5.74, 6) is 0.576. The van der Waals surface area contributed by atoms with Crippen LogP contribution in [0, 0.1) is 12.8 Å². The van der Waals surface area contributed by atoms with Crippen LogP contribution in [0.5, 0.6) is 0 Å². The molecule has 1 atom stereocenters. The van der Waals surface area contributed by atoms with Crippen molar-refractivity contribution in [3.63, 3.8) is 0 Å². The number of carbonyl (C=O) groups is 1. The minimum Gasteiger partial charge on any atom is -0.369 e. The number of hydrogen-bond donors (Lipinski definition) is 1. The van der Waals surface area contributed by atoms with Crippen molar-refractivity contribution < 1.29 is 4.79 Å². The average Bonchev–Trinajstić information content (AvgIpc) is 3.06. The lowest BCUT2D eigenvalue weighted by Gasteiger charge is -2.32. The number of hydrogen-bond acceptors (Lipinski definition) is 5. The van der Waals surface area contributed by atoms with Gasteiger partial charge in [-0.05, 0) is 25.3 Å². The maximum atomic E-state index is 11.6. The number of nitrogens with zero attached hydrogens (tertiary/aromatic N) is 3. The Labute approximate surface area is 150 Å². The van der Waals surface area contributed by atoms with Crippen molar-refractivity contribution in [1.29, 1.82) is 0 Å². The van der Waals surface area contributed by atoms with Gasteiger partial charge in [-0.25, -0.2) is 9.97 Å². The Morgan fingerprint density at radius 1 is 1.28 bits per heavy atom. The molecule has 1 aromatic carbocycles. The van der Waals surface area contributed by atoms with Gasteiger partial charge in [0.15, 0.2) is 0 Å². The first kappa shape index (κ1) is 16.0. The molecule has 4 rings (SSSR count). The van der Waals surface area contributed by atoms with E-state index < -0.39 is 0 Å². The highest BCUT2D eigenvalue weighted by Gasteiger charge is 2.27. The predicted octanol–water partition coefficient (Wildman–Crippen LogP) is 3.37. The molecule has 2 N–H and O–H groups in total. The van der Waals surface area contributed by atoms with Gasteiger partial charge < -0.3 is 10.6 Å². The fraction of sp³-hybridized carbons (Fsp3) is 0.316. The number of anilines is 1. The Morgan fingerprint density at radius 3 is 2.84 bits per heavy atom. The Bertz CT molecular complexity index is 919. The lowest BCUT2D eigenvalue weighted by Crippen LogP contribution is -2.41. The zero-order valence-corrected chi connectivity index (χ0v) is 14.9. The normalized spacial score (nSPS) is 17.8. The molecule has 0 saturated carbocycles. The third-order valence-corrected chi connectivity index (χ3v) is 5.72. The number of carbonyl (C=O) groups excluding carboxylic acids is 1. The fourth-order valence-electron chi connectivity index (χ4n) is 3.45. The number of thiophene rings is 1. The van der Waals surface area contributed by atoms with E-state index in [2.05, 4.69) is 51.4 Å². The molecule has 1 aliphatic heterocycles. The summed E-state index contributed by atoms with van der Waals surface area (Å²) in [6.07, 6.45) is 3.42. The fourth-order valence-corrected chi connectivity index (χ4v) is 4.36. The second-order valence-electron chi connectivity index (χ2n) is 6.58. The molecule has 3 aromatic rings. The molecule has 0 bridgehead atoms. The van der Waals surface area contributed by atoms with Gasteiger partial charge in [0.05, 0.1) is 11.3 Å². The zero-order chi connectivity index (χ0) is 17.4. The molecule has 1 fully saturated rings. The van der Waals surface area contributed by atoms with E-state index in [1.54, 1.807) is 17.7 Å². The van der Waals surface area contributed by atoms with E-state index in [-0.39, 0.29) is 11.8 Å². The molecule has 6 heteroatoms. The quantitative estimate of drug-likeness (QED) is 0.784. The highest BCUT2D eigenvalue weighted by Crippen LogP contribution is 2.38. The van der Waals surface area contributed by atoms with Crippen LogP contribution < -0.4 is 10.6 Å². The molecule has 3 heterocycles. The Hall–Kier alpha value is -2.47. The van der Waals surface area contributed by atoms with Crippen LogP contribution in [0.25, 0.3) is 21.3 Å². The van der Waals surface area contributed by atoms with Gasteiger partial charge in [-0.3, -0.25) is 4.79 Å². The van der Waals surface area contributed by atoms with Gasteiger partial charge in [-0.2, -0.15) is 0 Å². The Morgan fingerprint density at radius 2 is 2.08 bits per heavy atom. The molecule has 1 aliphatic rings. The molecule has 0 spiro atoms. The van der Waals surface area contributed by atoms with Crippen molar-refractivity contribution in [2.24, 2.45) is 11.7 Å². The topological polar surface area (TPSA) is 72.1 Å². The van der Waals surface area contributed by atoms with Crippen LogP contribution in [0.3, 0.4) is 0 Å². The number of fused-ring (bicyclic) bond motifs is 1. The molecule has 128 valence electrons. The van der Waals surface area contributed by atoms with Crippen molar-refractivity contribution >= 4 is 33.3 Å². The number of piperidine rings is 1. The van der Waals surface area contributed by atoms with Gasteiger partial charge in [0.1, 0.15) is 17.0 Å². The molecule has 25 heavy (non-hydrogen) atoms. The minimum atomic E-state index is -0.223. The predicted molar refractivity (Wildman–Crippen MR) is 102 cm³/mol. The smallest absolute Gasteiger partial charge is 0.222 e. The number of rotatable bonds is 3. The van der Waals surface area contributed by atoms with Gasteiger partial charge in [0.2, 0.25) is 5.91 Å². The van der Waals surface area contributed by atoms with Crippen LogP contribution in [0.4, 0.5) is 5.82 Å². The molecular weight excluding hydrogens is 332 g/mol. The number of benzene rings is 1. The molecule has 0 radical (unpaired) electrons. The van der Waals surface area contributed by atoms with Crippen molar-refractivity contribution in [1.82, 2.24) is 9.97 Å². The standard InChI is InChI=1S/C19H20N4OS/c1-12-4-6-13(7-5-12)15-10-25-19-16(15)18(21-11-22-19)23-8-2-3-14(9-23)17(20)24/h4-7,10-11,14H,2-3,8-9H2,1H3,(H2,20,24)/t14-/m0/s1. The van der Waals surface area contributed by atoms with E-state index in [1.165, 1.54) is 5.56 Å². The molecule has 1 amide bonds. The largest absolute Gasteiger partial charge is 0.369 e. The molecule has 2 aromatic heterocycles. The van der Waals surface area contributed by atoms with Crippen molar-refractivity contribution in [3.05, 3.63) is 41.5 Å². The SMILES string of the molecule is Cc1ccc(-c2csc3ncnc(N4CCC[C@H](C(N)=O)C4)c23)cc1. The van der Waals surface area contributed by atoms with E-state index >= 15 is 0 Å². The lowest BCUT2D eigenvalue weighted by molar-refractivity contribution is -0.122. The summed E-state index contributed by atoms with van der Waals surface area (Å²) < 4.78 is 0.